The molecule has 6 nitrogen and oxygen atoms in total. The van der Waals surface area contributed by atoms with Crippen LogP contribution in [-0.2, 0) is 9.59 Å². The molecule has 0 aromatic heterocycles. The highest BCUT2D eigenvalue weighted by Gasteiger charge is 2.40. The molecule has 2 N–H and O–H groups in total. The first-order valence-corrected chi connectivity index (χ1v) is 9.82. The van der Waals surface area contributed by atoms with Crippen LogP contribution in [0.3, 0.4) is 0 Å². The molecule has 2 amide bonds. The van der Waals surface area contributed by atoms with Gasteiger partial charge >= 0.3 is 5.97 Å². The number of carboxylic acids is 1. The molecular formula is C23H31NO5. The van der Waals surface area contributed by atoms with Gasteiger partial charge in [-0.25, -0.2) is 4.79 Å². The molecule has 1 aromatic carbocycles. The van der Waals surface area contributed by atoms with Crippen molar-refractivity contribution >= 4 is 23.5 Å². The normalized spacial score (nSPS) is 18.5. The maximum absolute atomic E-state index is 12.9. The second kappa shape index (κ2) is 8.01. The number of anilines is 1. The zero-order valence-electron chi connectivity index (χ0n) is 18.1. The van der Waals surface area contributed by atoms with E-state index in [-0.39, 0.29) is 40.3 Å². The zero-order valence-corrected chi connectivity index (χ0v) is 18.1. The summed E-state index contributed by atoms with van der Waals surface area (Å²) in [4.78, 5) is 37.6. The van der Waals surface area contributed by atoms with Gasteiger partial charge in [0.15, 0.2) is 0 Å². The van der Waals surface area contributed by atoms with E-state index in [1.807, 2.05) is 6.92 Å². The lowest BCUT2D eigenvalue weighted by atomic mass is 9.75. The number of hydrogen-bond donors (Lipinski definition) is 2. The number of phenols is 1. The number of aromatic carboxylic acids is 1. The first-order chi connectivity index (χ1) is 13.2. The van der Waals surface area contributed by atoms with Crippen molar-refractivity contribution in [2.24, 2.45) is 16.7 Å². The molecule has 0 radical (unpaired) electrons. The number of benzene rings is 1. The maximum atomic E-state index is 12.9. The van der Waals surface area contributed by atoms with Crippen LogP contribution in [0.2, 0.25) is 0 Å². The summed E-state index contributed by atoms with van der Waals surface area (Å²) in [6, 6.07) is 3.73. The summed E-state index contributed by atoms with van der Waals surface area (Å²) in [6.45, 7) is 12.9. The van der Waals surface area contributed by atoms with Crippen LogP contribution in [0.1, 0.15) is 71.2 Å². The third kappa shape index (κ3) is 5.68. The van der Waals surface area contributed by atoms with E-state index in [2.05, 4.69) is 40.7 Å². The van der Waals surface area contributed by atoms with E-state index in [4.69, 9.17) is 5.11 Å². The summed E-state index contributed by atoms with van der Waals surface area (Å²) in [5.41, 5.74) is 1.04. The highest BCUT2D eigenvalue weighted by atomic mass is 16.4. The van der Waals surface area contributed by atoms with Gasteiger partial charge in [0.2, 0.25) is 11.8 Å². The van der Waals surface area contributed by atoms with Crippen LogP contribution in [0, 0.1) is 16.7 Å². The predicted molar refractivity (Wildman–Crippen MR) is 112 cm³/mol. The highest BCUT2D eigenvalue weighted by molar-refractivity contribution is 6.21. The van der Waals surface area contributed by atoms with Crippen molar-refractivity contribution in [2.45, 2.75) is 60.8 Å². The Bertz CT molecular complexity index is 861. The average molecular weight is 402 g/mol. The first-order valence-electron chi connectivity index (χ1n) is 9.82. The predicted octanol–water partition coefficient (Wildman–Crippen LogP) is 4.77. The van der Waals surface area contributed by atoms with Crippen molar-refractivity contribution in [2.75, 3.05) is 4.90 Å². The number of carbonyl (C=O) groups excluding carboxylic acids is 2. The summed E-state index contributed by atoms with van der Waals surface area (Å²) in [5, 5.41) is 18.8. The SMILES string of the molecule is C/C(=C\C(C)(C)CC(C)(C)C)CC1CC(=O)N(c2ccc(O)c(C(=O)O)c2)C1=O. The molecule has 29 heavy (non-hydrogen) atoms. The minimum absolute atomic E-state index is 0.0268. The standard InChI is InChI=1S/C23H31NO5/c1-14(12-23(5,6)13-22(2,3)4)9-15-10-19(26)24(20(15)27)16-7-8-18(25)17(11-16)21(28)29/h7-8,11-12,15,25H,9-10,13H2,1-6H3,(H,28,29)/b14-12+. The molecule has 0 bridgehead atoms. The van der Waals surface area contributed by atoms with Crippen LogP contribution in [-0.4, -0.2) is 28.0 Å². The van der Waals surface area contributed by atoms with Crippen LogP contribution in [0.15, 0.2) is 29.8 Å². The van der Waals surface area contributed by atoms with E-state index in [1.165, 1.54) is 12.1 Å². The lowest BCUT2D eigenvalue weighted by Gasteiger charge is -2.30. The number of amides is 2. The Kier molecular flexibility index (Phi) is 6.26. The molecule has 0 saturated carbocycles. The Morgan fingerprint density at radius 1 is 1.21 bits per heavy atom. The fraction of sp³-hybridized carbons (Fsp3) is 0.522. The van der Waals surface area contributed by atoms with Gasteiger partial charge in [0.25, 0.3) is 0 Å². The lowest BCUT2D eigenvalue weighted by molar-refractivity contribution is -0.122. The van der Waals surface area contributed by atoms with Gasteiger partial charge in [0, 0.05) is 6.42 Å². The Morgan fingerprint density at radius 2 is 1.83 bits per heavy atom. The van der Waals surface area contributed by atoms with Crippen LogP contribution in [0.25, 0.3) is 0 Å². The number of nitrogens with zero attached hydrogens (tertiary/aromatic N) is 1. The molecule has 1 atom stereocenters. The topological polar surface area (TPSA) is 94.9 Å². The Morgan fingerprint density at radius 3 is 2.38 bits per heavy atom. The third-order valence-electron chi connectivity index (χ3n) is 4.90. The molecule has 1 aromatic rings. The van der Waals surface area contributed by atoms with E-state index in [0.29, 0.717) is 6.42 Å². The van der Waals surface area contributed by atoms with Crippen molar-refractivity contribution in [3.63, 3.8) is 0 Å². The second-order valence-electron chi connectivity index (χ2n) is 9.90. The van der Waals surface area contributed by atoms with Crippen LogP contribution < -0.4 is 4.90 Å². The number of imide groups is 1. The van der Waals surface area contributed by atoms with E-state index >= 15 is 0 Å². The number of allylic oxidation sites excluding steroid dienone is 2. The Labute approximate surface area is 172 Å². The second-order valence-corrected chi connectivity index (χ2v) is 9.90. The minimum Gasteiger partial charge on any atom is -0.507 e. The zero-order chi connectivity index (χ0) is 22.1. The smallest absolute Gasteiger partial charge is 0.339 e. The highest BCUT2D eigenvalue weighted by Crippen LogP contribution is 2.37. The van der Waals surface area contributed by atoms with Crippen molar-refractivity contribution in [1.29, 1.82) is 0 Å². The molecule has 158 valence electrons. The van der Waals surface area contributed by atoms with Crippen molar-refractivity contribution in [1.82, 2.24) is 0 Å². The number of hydrogen-bond acceptors (Lipinski definition) is 4. The Hall–Kier alpha value is -2.63. The molecule has 1 unspecified atom stereocenters. The number of rotatable bonds is 6. The molecule has 1 aliphatic rings. The third-order valence-corrected chi connectivity index (χ3v) is 4.90. The van der Waals surface area contributed by atoms with Crippen molar-refractivity contribution < 1.29 is 24.6 Å². The van der Waals surface area contributed by atoms with Gasteiger partial charge in [-0.2, -0.15) is 0 Å². The van der Waals surface area contributed by atoms with Crippen molar-refractivity contribution in [3.05, 3.63) is 35.4 Å². The monoisotopic (exact) mass is 401 g/mol. The van der Waals surface area contributed by atoms with Gasteiger partial charge in [-0.05, 0) is 48.8 Å². The quantitative estimate of drug-likeness (QED) is 0.529. The average Bonchev–Trinajstić information content (AvgIpc) is 2.78. The van der Waals surface area contributed by atoms with Gasteiger partial charge in [0.05, 0.1) is 11.6 Å². The lowest BCUT2D eigenvalue weighted by Crippen LogP contribution is -2.30. The molecular weight excluding hydrogens is 370 g/mol. The fourth-order valence-electron chi connectivity index (χ4n) is 4.49. The largest absolute Gasteiger partial charge is 0.507 e. The summed E-state index contributed by atoms with van der Waals surface area (Å²) in [7, 11) is 0. The van der Waals surface area contributed by atoms with E-state index < -0.39 is 17.6 Å². The molecule has 1 heterocycles. The summed E-state index contributed by atoms with van der Waals surface area (Å²) in [6.07, 6.45) is 3.75. The Balaban J connectivity index is 2.20. The van der Waals surface area contributed by atoms with Gasteiger partial charge in [-0.3, -0.25) is 14.5 Å². The van der Waals surface area contributed by atoms with E-state index in [0.717, 1.165) is 23.0 Å². The van der Waals surface area contributed by atoms with Gasteiger partial charge in [-0.15, -0.1) is 0 Å². The van der Waals surface area contributed by atoms with Crippen LogP contribution >= 0.6 is 0 Å². The first kappa shape index (κ1) is 22.7. The number of aromatic hydroxyl groups is 1. The summed E-state index contributed by atoms with van der Waals surface area (Å²) >= 11 is 0. The van der Waals surface area contributed by atoms with Gasteiger partial charge < -0.3 is 10.2 Å². The van der Waals surface area contributed by atoms with E-state index in [1.54, 1.807) is 0 Å². The fourth-order valence-corrected chi connectivity index (χ4v) is 4.49. The van der Waals surface area contributed by atoms with E-state index in [9.17, 15) is 19.5 Å². The molecule has 0 aliphatic carbocycles. The molecule has 0 spiro atoms. The molecule has 1 fully saturated rings. The molecule has 1 saturated heterocycles. The van der Waals surface area contributed by atoms with Crippen molar-refractivity contribution in [3.8, 4) is 5.75 Å². The van der Waals surface area contributed by atoms with Gasteiger partial charge in [-0.1, -0.05) is 46.3 Å². The van der Waals surface area contributed by atoms with Crippen LogP contribution in [0.5, 0.6) is 5.75 Å². The molecule has 1 aliphatic heterocycles. The maximum Gasteiger partial charge on any atom is 0.339 e. The molecule has 2 rings (SSSR count). The van der Waals surface area contributed by atoms with Crippen LogP contribution in [0.4, 0.5) is 5.69 Å². The summed E-state index contributed by atoms with van der Waals surface area (Å²) in [5.74, 6) is -2.88. The summed E-state index contributed by atoms with van der Waals surface area (Å²) < 4.78 is 0. The van der Waals surface area contributed by atoms with Gasteiger partial charge in [0.1, 0.15) is 11.3 Å². The number of carboxylic acid groups (broad SMARTS) is 1. The minimum atomic E-state index is -1.32. The molecule has 6 heteroatoms. The number of carbonyl (C=O) groups is 3.